The van der Waals surface area contributed by atoms with Gasteiger partial charge < -0.3 is 14.2 Å². The Morgan fingerprint density at radius 1 is 0.848 bits per heavy atom. The standard InChI is InChI=1S/C28H34NO4/c1-21(2)20-26(28(30)32-4)33-27(24-8-6-5-7-9-24)25-12-10-22(11-13-25)23-14-16-29(17-15-23)18-19-31-3/h5-17,21,26-27H,18-20H2,1-4H3/q+1/t26-,27?/m0/s1. The van der Waals surface area contributed by atoms with E-state index in [-0.39, 0.29) is 12.1 Å². The van der Waals surface area contributed by atoms with Crippen LogP contribution in [0.3, 0.4) is 0 Å². The van der Waals surface area contributed by atoms with Crippen LogP contribution in [0.15, 0.2) is 79.1 Å². The van der Waals surface area contributed by atoms with Crippen LogP contribution in [0.4, 0.5) is 0 Å². The number of esters is 1. The lowest BCUT2D eigenvalue weighted by atomic mass is 9.97. The van der Waals surface area contributed by atoms with E-state index >= 15 is 0 Å². The fraction of sp³-hybridized carbons (Fsp3) is 0.357. The maximum atomic E-state index is 12.4. The lowest BCUT2D eigenvalue weighted by molar-refractivity contribution is -0.698. The Morgan fingerprint density at radius 3 is 2.03 bits per heavy atom. The van der Waals surface area contributed by atoms with Crippen molar-refractivity contribution in [3.05, 3.63) is 90.3 Å². The molecule has 174 valence electrons. The van der Waals surface area contributed by atoms with Crippen LogP contribution in [-0.4, -0.2) is 32.9 Å². The van der Waals surface area contributed by atoms with E-state index in [9.17, 15) is 4.79 Å². The van der Waals surface area contributed by atoms with E-state index < -0.39 is 6.10 Å². The molecule has 2 atom stereocenters. The van der Waals surface area contributed by atoms with E-state index in [4.69, 9.17) is 14.2 Å². The number of methoxy groups -OCH3 is 2. The minimum atomic E-state index is -0.628. The molecule has 1 aromatic heterocycles. The first-order valence-electron chi connectivity index (χ1n) is 11.4. The molecule has 0 spiro atoms. The molecular weight excluding hydrogens is 414 g/mol. The molecule has 3 aromatic rings. The normalized spacial score (nSPS) is 13.0. The van der Waals surface area contributed by atoms with Gasteiger partial charge in [-0.25, -0.2) is 9.36 Å². The summed E-state index contributed by atoms with van der Waals surface area (Å²) < 4.78 is 18.7. The maximum Gasteiger partial charge on any atom is 0.335 e. The monoisotopic (exact) mass is 448 g/mol. The van der Waals surface area contributed by atoms with Crippen molar-refractivity contribution in [2.45, 2.75) is 39.0 Å². The predicted molar refractivity (Wildman–Crippen MR) is 129 cm³/mol. The highest BCUT2D eigenvalue weighted by atomic mass is 16.6. The lowest BCUT2D eigenvalue weighted by Gasteiger charge is -2.25. The van der Waals surface area contributed by atoms with Gasteiger partial charge in [-0.2, -0.15) is 0 Å². The van der Waals surface area contributed by atoms with E-state index in [1.54, 1.807) is 7.11 Å². The highest BCUT2D eigenvalue weighted by Gasteiger charge is 2.27. The number of aromatic nitrogens is 1. The maximum absolute atomic E-state index is 12.4. The van der Waals surface area contributed by atoms with E-state index in [1.165, 1.54) is 7.11 Å². The second-order valence-electron chi connectivity index (χ2n) is 8.51. The molecule has 5 nitrogen and oxygen atoms in total. The Kier molecular flexibility index (Phi) is 9.16. The molecule has 0 aliphatic rings. The van der Waals surface area contributed by atoms with Crippen molar-refractivity contribution < 1.29 is 23.6 Å². The Labute approximate surface area is 196 Å². The second-order valence-corrected chi connectivity index (χ2v) is 8.51. The summed E-state index contributed by atoms with van der Waals surface area (Å²) in [5.41, 5.74) is 4.26. The topological polar surface area (TPSA) is 48.6 Å². The Hall–Kier alpha value is -3.02. The number of pyridine rings is 1. The lowest BCUT2D eigenvalue weighted by Crippen LogP contribution is -2.34. The molecule has 0 saturated heterocycles. The fourth-order valence-corrected chi connectivity index (χ4v) is 3.75. The summed E-state index contributed by atoms with van der Waals surface area (Å²) in [6.07, 6.45) is 3.73. The van der Waals surface area contributed by atoms with Crippen molar-refractivity contribution in [1.29, 1.82) is 0 Å². The molecule has 0 bridgehead atoms. The molecular formula is C28H34NO4+. The number of ether oxygens (including phenoxy) is 3. The summed E-state index contributed by atoms with van der Waals surface area (Å²) in [6, 6.07) is 22.5. The van der Waals surface area contributed by atoms with Crippen LogP contribution in [0, 0.1) is 5.92 Å². The number of hydrogen-bond acceptors (Lipinski definition) is 4. The van der Waals surface area contributed by atoms with Gasteiger partial charge in [-0.05, 0) is 34.6 Å². The molecule has 1 unspecified atom stereocenters. The largest absolute Gasteiger partial charge is 0.467 e. The first kappa shape index (κ1) is 24.6. The average molecular weight is 449 g/mol. The van der Waals surface area contributed by atoms with Crippen LogP contribution < -0.4 is 4.57 Å². The summed E-state index contributed by atoms with van der Waals surface area (Å²) in [5.74, 6) is -0.0371. The molecule has 0 N–H and O–H groups in total. The first-order chi connectivity index (χ1) is 16.0. The SMILES string of the molecule is COCC[n+]1ccc(-c2ccc(C(O[C@@H](CC(C)C)C(=O)OC)c3ccccc3)cc2)cc1. The van der Waals surface area contributed by atoms with Crippen LogP contribution in [-0.2, 0) is 25.5 Å². The van der Waals surface area contributed by atoms with Gasteiger partial charge in [-0.3, -0.25) is 0 Å². The van der Waals surface area contributed by atoms with Gasteiger partial charge in [0.15, 0.2) is 25.0 Å². The molecule has 1 heterocycles. The Morgan fingerprint density at radius 2 is 1.45 bits per heavy atom. The molecule has 0 fully saturated rings. The van der Waals surface area contributed by atoms with Crippen molar-refractivity contribution in [1.82, 2.24) is 0 Å². The molecule has 3 rings (SSSR count). The number of carbonyl (C=O) groups excluding carboxylic acids is 1. The van der Waals surface area contributed by atoms with Crippen LogP contribution in [0.25, 0.3) is 11.1 Å². The van der Waals surface area contributed by atoms with Gasteiger partial charge in [0.2, 0.25) is 0 Å². The summed E-state index contributed by atoms with van der Waals surface area (Å²) in [7, 11) is 3.11. The van der Waals surface area contributed by atoms with Crippen LogP contribution in [0.2, 0.25) is 0 Å². The van der Waals surface area contributed by atoms with E-state index in [1.807, 2.05) is 30.3 Å². The van der Waals surface area contributed by atoms with Gasteiger partial charge in [-0.15, -0.1) is 0 Å². The third kappa shape index (κ3) is 6.98. The van der Waals surface area contributed by atoms with Gasteiger partial charge in [0, 0.05) is 19.2 Å². The molecule has 5 heteroatoms. The summed E-state index contributed by atoms with van der Waals surface area (Å²) in [4.78, 5) is 12.4. The number of nitrogens with zero attached hydrogens (tertiary/aromatic N) is 1. The molecule has 33 heavy (non-hydrogen) atoms. The zero-order valence-corrected chi connectivity index (χ0v) is 19.9. The van der Waals surface area contributed by atoms with Crippen molar-refractivity contribution >= 4 is 5.97 Å². The first-order valence-corrected chi connectivity index (χ1v) is 11.4. The number of carbonyl (C=O) groups is 1. The van der Waals surface area contributed by atoms with Crippen LogP contribution in [0.5, 0.6) is 0 Å². The average Bonchev–Trinajstić information content (AvgIpc) is 2.85. The number of benzene rings is 2. The van der Waals surface area contributed by atoms with E-state index in [0.29, 0.717) is 18.9 Å². The Balaban J connectivity index is 1.86. The number of rotatable bonds is 11. The second kappa shape index (κ2) is 12.3. The molecule has 0 aliphatic carbocycles. The van der Waals surface area contributed by atoms with E-state index in [0.717, 1.165) is 28.8 Å². The Bertz CT molecular complexity index is 985. The van der Waals surface area contributed by atoms with Gasteiger partial charge in [0.05, 0.1) is 7.11 Å². The van der Waals surface area contributed by atoms with Crippen molar-refractivity contribution in [2.75, 3.05) is 20.8 Å². The molecule has 0 aliphatic heterocycles. The summed E-state index contributed by atoms with van der Waals surface area (Å²) >= 11 is 0. The van der Waals surface area contributed by atoms with Crippen molar-refractivity contribution in [3.8, 4) is 11.1 Å². The third-order valence-electron chi connectivity index (χ3n) is 5.54. The highest BCUT2D eigenvalue weighted by Crippen LogP contribution is 2.31. The van der Waals surface area contributed by atoms with Crippen molar-refractivity contribution in [2.24, 2.45) is 5.92 Å². The molecule has 0 saturated carbocycles. The third-order valence-corrected chi connectivity index (χ3v) is 5.54. The zero-order valence-electron chi connectivity index (χ0n) is 19.9. The van der Waals surface area contributed by atoms with Crippen LogP contribution in [0.1, 0.15) is 37.5 Å². The quantitative estimate of drug-likeness (QED) is 0.307. The van der Waals surface area contributed by atoms with Gasteiger partial charge in [0.25, 0.3) is 0 Å². The van der Waals surface area contributed by atoms with Gasteiger partial charge in [-0.1, -0.05) is 68.4 Å². The predicted octanol–water partition coefficient (Wildman–Crippen LogP) is 4.98. The summed E-state index contributed by atoms with van der Waals surface area (Å²) in [6.45, 7) is 5.65. The van der Waals surface area contributed by atoms with Gasteiger partial charge in [0.1, 0.15) is 12.7 Å². The van der Waals surface area contributed by atoms with Gasteiger partial charge >= 0.3 is 5.97 Å². The molecule has 2 aromatic carbocycles. The minimum Gasteiger partial charge on any atom is -0.467 e. The summed E-state index contributed by atoms with van der Waals surface area (Å²) in [5, 5.41) is 0. The van der Waals surface area contributed by atoms with Crippen molar-refractivity contribution in [3.63, 3.8) is 0 Å². The zero-order chi connectivity index (χ0) is 23.6. The van der Waals surface area contributed by atoms with Crippen LogP contribution >= 0.6 is 0 Å². The smallest absolute Gasteiger partial charge is 0.335 e. The molecule has 0 radical (unpaired) electrons. The van der Waals surface area contributed by atoms with E-state index in [2.05, 4.69) is 67.2 Å². The molecule has 0 amide bonds. The minimum absolute atomic E-state index is 0.303. The fourth-order valence-electron chi connectivity index (χ4n) is 3.75. The number of hydrogen-bond donors (Lipinski definition) is 0. The highest BCUT2D eigenvalue weighted by molar-refractivity contribution is 5.74.